The van der Waals surface area contributed by atoms with Crippen LogP contribution in [0.1, 0.15) is 50.4 Å². The van der Waals surface area contributed by atoms with Crippen LogP contribution in [0, 0.1) is 5.92 Å². The first kappa shape index (κ1) is 12.5. The van der Waals surface area contributed by atoms with Gasteiger partial charge >= 0.3 is 0 Å². The molecular formula is C15H16N2OS2. The predicted molar refractivity (Wildman–Crippen MR) is 81.4 cm³/mol. The normalized spacial score (nSPS) is 18.8. The van der Waals surface area contributed by atoms with Crippen molar-refractivity contribution in [1.82, 2.24) is 10.3 Å². The third-order valence-electron chi connectivity index (χ3n) is 4.07. The van der Waals surface area contributed by atoms with Crippen molar-refractivity contribution in [2.45, 2.75) is 38.1 Å². The van der Waals surface area contributed by atoms with E-state index in [9.17, 15) is 4.79 Å². The molecule has 0 bridgehead atoms. The summed E-state index contributed by atoms with van der Waals surface area (Å²) < 4.78 is 0. The van der Waals surface area contributed by atoms with E-state index in [0.29, 0.717) is 5.92 Å². The number of nitrogens with one attached hydrogen (secondary N) is 1. The van der Waals surface area contributed by atoms with Gasteiger partial charge in [0.1, 0.15) is 5.01 Å². The summed E-state index contributed by atoms with van der Waals surface area (Å²) >= 11 is 3.31. The smallest absolute Gasteiger partial charge is 0.261 e. The first-order chi connectivity index (χ1) is 9.81. The molecule has 2 heterocycles. The Balaban J connectivity index is 1.53. The van der Waals surface area contributed by atoms with E-state index in [-0.39, 0.29) is 11.9 Å². The van der Waals surface area contributed by atoms with Crippen molar-refractivity contribution in [3.8, 4) is 0 Å². The molecule has 0 aromatic carbocycles. The van der Waals surface area contributed by atoms with Gasteiger partial charge in [-0.25, -0.2) is 4.98 Å². The molecule has 3 nitrogen and oxygen atoms in total. The molecular weight excluding hydrogens is 288 g/mol. The van der Waals surface area contributed by atoms with E-state index in [2.05, 4.69) is 16.4 Å². The average Bonchev–Trinajstić information content (AvgIpc) is 2.86. The summed E-state index contributed by atoms with van der Waals surface area (Å²) in [7, 11) is 0. The number of carbonyl (C=O) groups excluding carboxylic acids is 1. The molecule has 4 rings (SSSR count). The van der Waals surface area contributed by atoms with E-state index >= 15 is 0 Å². The Morgan fingerprint density at radius 3 is 3.00 bits per heavy atom. The summed E-state index contributed by atoms with van der Waals surface area (Å²) in [5, 5.41) is 6.23. The molecule has 0 spiro atoms. The lowest BCUT2D eigenvalue weighted by molar-refractivity contribution is 0.0935. The lowest BCUT2D eigenvalue weighted by Crippen LogP contribution is -2.29. The quantitative estimate of drug-likeness (QED) is 0.938. The summed E-state index contributed by atoms with van der Waals surface area (Å²) in [5.41, 5.74) is 1.39. The molecule has 2 aromatic heterocycles. The minimum absolute atomic E-state index is 0.0801. The van der Waals surface area contributed by atoms with Gasteiger partial charge in [0.2, 0.25) is 0 Å². The molecule has 2 aliphatic rings. The molecule has 1 fully saturated rings. The molecule has 2 aliphatic carbocycles. The maximum atomic E-state index is 12.5. The van der Waals surface area contributed by atoms with Crippen LogP contribution in [0.15, 0.2) is 17.6 Å². The number of fused-ring (bicyclic) bond motifs is 1. The van der Waals surface area contributed by atoms with Crippen LogP contribution in [0.4, 0.5) is 0 Å². The van der Waals surface area contributed by atoms with Gasteiger partial charge in [0.25, 0.3) is 5.91 Å². The zero-order valence-electron chi connectivity index (χ0n) is 11.1. The van der Waals surface area contributed by atoms with Crippen molar-refractivity contribution in [2.24, 2.45) is 5.92 Å². The number of carbonyl (C=O) groups is 1. The highest BCUT2D eigenvalue weighted by Crippen LogP contribution is 2.42. The van der Waals surface area contributed by atoms with Gasteiger partial charge in [-0.2, -0.15) is 0 Å². The Morgan fingerprint density at radius 1 is 1.40 bits per heavy atom. The Hall–Kier alpha value is -1.20. The van der Waals surface area contributed by atoms with Gasteiger partial charge in [0.05, 0.1) is 10.9 Å². The summed E-state index contributed by atoms with van der Waals surface area (Å²) in [6, 6.07) is 2.20. The molecule has 0 radical (unpaired) electrons. The highest BCUT2D eigenvalue weighted by molar-refractivity contribution is 7.14. The van der Waals surface area contributed by atoms with Crippen LogP contribution in [0.5, 0.6) is 0 Å². The number of rotatable bonds is 4. The lowest BCUT2D eigenvalue weighted by Gasteiger charge is -2.15. The average molecular weight is 304 g/mol. The molecule has 104 valence electrons. The van der Waals surface area contributed by atoms with Crippen LogP contribution in [-0.2, 0) is 12.8 Å². The molecule has 1 amide bonds. The van der Waals surface area contributed by atoms with Crippen LogP contribution in [0.3, 0.4) is 0 Å². The van der Waals surface area contributed by atoms with Crippen LogP contribution in [0.2, 0.25) is 0 Å². The Bertz CT molecular complexity index is 607. The van der Waals surface area contributed by atoms with Gasteiger partial charge in [-0.1, -0.05) is 0 Å². The third kappa shape index (κ3) is 2.29. The largest absolute Gasteiger partial charge is 0.342 e. The van der Waals surface area contributed by atoms with Crippen LogP contribution >= 0.6 is 22.7 Å². The number of hydrogen-bond acceptors (Lipinski definition) is 4. The number of aromatic nitrogens is 1. The van der Waals surface area contributed by atoms with Crippen LogP contribution in [-0.4, -0.2) is 10.9 Å². The van der Waals surface area contributed by atoms with Crippen molar-refractivity contribution < 1.29 is 4.79 Å². The maximum absolute atomic E-state index is 12.5. The molecule has 5 heteroatoms. The molecule has 20 heavy (non-hydrogen) atoms. The van der Waals surface area contributed by atoms with Crippen molar-refractivity contribution in [3.05, 3.63) is 38.0 Å². The number of thiophene rings is 1. The Kier molecular flexibility index (Phi) is 3.11. The van der Waals surface area contributed by atoms with Crippen molar-refractivity contribution in [2.75, 3.05) is 0 Å². The fourth-order valence-corrected chi connectivity index (χ4v) is 4.79. The molecule has 1 saturated carbocycles. The molecule has 1 N–H and O–H groups in total. The Morgan fingerprint density at radius 2 is 2.30 bits per heavy atom. The van der Waals surface area contributed by atoms with E-state index in [1.807, 2.05) is 11.6 Å². The van der Waals surface area contributed by atoms with Gasteiger partial charge in [-0.15, -0.1) is 22.7 Å². The van der Waals surface area contributed by atoms with Crippen LogP contribution in [0.25, 0.3) is 0 Å². The fourth-order valence-electron chi connectivity index (χ4n) is 2.85. The first-order valence-corrected chi connectivity index (χ1v) is 8.83. The summed E-state index contributed by atoms with van der Waals surface area (Å²) in [5.74, 6) is 0.661. The van der Waals surface area contributed by atoms with Gasteiger partial charge in [0, 0.05) is 16.5 Å². The fraction of sp³-hybridized carbons (Fsp3) is 0.467. The number of thiazole rings is 1. The topological polar surface area (TPSA) is 42.0 Å². The van der Waals surface area contributed by atoms with Gasteiger partial charge in [0.15, 0.2) is 0 Å². The van der Waals surface area contributed by atoms with Crippen molar-refractivity contribution in [3.63, 3.8) is 0 Å². The zero-order valence-corrected chi connectivity index (χ0v) is 12.7. The molecule has 2 aromatic rings. The van der Waals surface area contributed by atoms with E-state index in [1.165, 1.54) is 29.7 Å². The summed E-state index contributed by atoms with van der Waals surface area (Å²) in [4.78, 5) is 19.1. The third-order valence-corrected chi connectivity index (χ3v) is 6.16. The monoisotopic (exact) mass is 304 g/mol. The number of aryl methyl sites for hydroxylation is 2. The van der Waals surface area contributed by atoms with E-state index in [1.54, 1.807) is 22.7 Å². The SMILES string of the molecule is O=C(N[C@H](c1nccs1)C1CC1)c1cc2c(s1)CCC2. The van der Waals surface area contributed by atoms with Gasteiger partial charge in [-0.05, 0) is 49.7 Å². The highest BCUT2D eigenvalue weighted by atomic mass is 32.1. The lowest BCUT2D eigenvalue weighted by atomic mass is 10.2. The first-order valence-electron chi connectivity index (χ1n) is 7.13. The molecule has 0 unspecified atom stereocenters. The summed E-state index contributed by atoms with van der Waals surface area (Å²) in [6.45, 7) is 0. The number of nitrogens with zero attached hydrogens (tertiary/aromatic N) is 1. The predicted octanol–water partition coefficient (Wildman–Crippen LogP) is 3.57. The van der Waals surface area contributed by atoms with Gasteiger partial charge < -0.3 is 5.32 Å². The molecule has 0 saturated heterocycles. The van der Waals surface area contributed by atoms with E-state index in [4.69, 9.17) is 0 Å². The second-order valence-electron chi connectivity index (χ2n) is 5.57. The van der Waals surface area contributed by atoms with Crippen molar-refractivity contribution in [1.29, 1.82) is 0 Å². The molecule has 1 atom stereocenters. The van der Waals surface area contributed by atoms with Crippen LogP contribution < -0.4 is 5.32 Å². The second-order valence-corrected chi connectivity index (χ2v) is 7.63. The zero-order chi connectivity index (χ0) is 13.5. The number of hydrogen-bond donors (Lipinski definition) is 1. The minimum atomic E-state index is 0.0801. The summed E-state index contributed by atoms with van der Waals surface area (Å²) in [6.07, 6.45) is 7.74. The Labute approximate surface area is 126 Å². The standard InChI is InChI=1S/C15H16N2OS2/c18-14(12-8-10-2-1-3-11(10)20-12)17-13(9-4-5-9)15-16-6-7-19-15/h6-9,13H,1-5H2,(H,17,18)/t13-/m0/s1. The minimum Gasteiger partial charge on any atom is -0.342 e. The maximum Gasteiger partial charge on any atom is 0.261 e. The number of amides is 1. The van der Waals surface area contributed by atoms with Crippen molar-refractivity contribution >= 4 is 28.6 Å². The second kappa shape index (κ2) is 4.97. The molecule has 0 aliphatic heterocycles. The van der Waals surface area contributed by atoms with E-state index < -0.39 is 0 Å². The van der Waals surface area contributed by atoms with E-state index in [0.717, 1.165) is 22.7 Å². The highest BCUT2D eigenvalue weighted by Gasteiger charge is 2.35. The van der Waals surface area contributed by atoms with Gasteiger partial charge in [-0.3, -0.25) is 4.79 Å².